The lowest BCUT2D eigenvalue weighted by molar-refractivity contribution is -0.116. The van der Waals surface area contributed by atoms with E-state index in [1.54, 1.807) is 11.0 Å². The summed E-state index contributed by atoms with van der Waals surface area (Å²) in [5.41, 5.74) is 3.38. The van der Waals surface area contributed by atoms with Crippen LogP contribution in [0.2, 0.25) is 0 Å². The maximum atomic E-state index is 13.7. The molecule has 0 unspecified atom stereocenters. The number of hydrogen-bond donors (Lipinski definition) is 1. The summed E-state index contributed by atoms with van der Waals surface area (Å²) in [6, 6.07) is 12.8. The number of benzene rings is 2. The van der Waals surface area contributed by atoms with Crippen molar-refractivity contribution in [2.45, 2.75) is 13.3 Å². The fourth-order valence-electron chi connectivity index (χ4n) is 2.63. The van der Waals surface area contributed by atoms with Gasteiger partial charge in [-0.15, -0.1) is 0 Å². The van der Waals surface area contributed by atoms with E-state index in [4.69, 9.17) is 0 Å². The summed E-state index contributed by atoms with van der Waals surface area (Å²) in [5.74, 6) is -0.371. The predicted octanol–water partition coefficient (Wildman–Crippen LogP) is 3.14. The highest BCUT2D eigenvalue weighted by atomic mass is 19.1. The average Bonchev–Trinajstić information content (AvgIpc) is 2.90. The van der Waals surface area contributed by atoms with Crippen LogP contribution in [0, 0.1) is 12.7 Å². The van der Waals surface area contributed by atoms with Crippen LogP contribution < -0.4 is 10.2 Å². The number of anilines is 2. The Morgan fingerprint density at radius 3 is 2.90 bits per heavy atom. The van der Waals surface area contributed by atoms with Gasteiger partial charge in [0, 0.05) is 12.2 Å². The maximum Gasteiger partial charge on any atom is 0.246 e. The summed E-state index contributed by atoms with van der Waals surface area (Å²) in [6.07, 6.45) is 0.876. The fraction of sp³-hybridized carbons (Fsp3) is 0.235. The number of para-hydroxylation sites is 1. The Morgan fingerprint density at radius 1 is 1.29 bits per heavy atom. The van der Waals surface area contributed by atoms with E-state index in [2.05, 4.69) is 5.32 Å². The van der Waals surface area contributed by atoms with Gasteiger partial charge in [0.25, 0.3) is 0 Å². The third kappa shape index (κ3) is 2.75. The minimum Gasteiger partial charge on any atom is -0.374 e. The molecule has 2 aromatic carbocycles. The van der Waals surface area contributed by atoms with Crippen molar-refractivity contribution in [2.75, 3.05) is 23.3 Å². The lowest BCUT2D eigenvalue weighted by Gasteiger charge is -2.18. The minimum atomic E-state index is -0.329. The molecule has 1 aliphatic heterocycles. The normalized spacial score (nSPS) is 13.1. The quantitative estimate of drug-likeness (QED) is 0.939. The van der Waals surface area contributed by atoms with E-state index in [1.807, 2.05) is 37.3 Å². The molecule has 3 rings (SSSR count). The molecule has 108 valence electrons. The van der Waals surface area contributed by atoms with Crippen LogP contribution in [-0.4, -0.2) is 19.0 Å². The number of fused-ring (bicyclic) bond motifs is 1. The third-order valence-electron chi connectivity index (χ3n) is 3.74. The highest BCUT2D eigenvalue weighted by Crippen LogP contribution is 2.27. The van der Waals surface area contributed by atoms with Crippen molar-refractivity contribution in [3.63, 3.8) is 0 Å². The Hall–Kier alpha value is -2.36. The summed E-state index contributed by atoms with van der Waals surface area (Å²) in [5, 5.41) is 2.88. The number of aryl methyl sites for hydroxylation is 1. The minimum absolute atomic E-state index is 0.0417. The second kappa shape index (κ2) is 5.56. The first kappa shape index (κ1) is 13.6. The Kier molecular flexibility index (Phi) is 3.60. The van der Waals surface area contributed by atoms with E-state index in [0.717, 1.165) is 17.7 Å². The molecule has 3 nitrogen and oxygen atoms in total. The molecule has 1 heterocycles. The van der Waals surface area contributed by atoms with E-state index in [9.17, 15) is 9.18 Å². The van der Waals surface area contributed by atoms with Gasteiger partial charge in [-0.05, 0) is 42.7 Å². The largest absolute Gasteiger partial charge is 0.374 e. The highest BCUT2D eigenvalue weighted by Gasteiger charge is 2.23. The number of hydrogen-bond acceptors (Lipinski definition) is 2. The second-order valence-electron chi connectivity index (χ2n) is 5.26. The molecule has 1 N–H and O–H groups in total. The molecule has 0 atom stereocenters. The first-order valence-corrected chi connectivity index (χ1v) is 7.03. The lowest BCUT2D eigenvalue weighted by Crippen LogP contribution is -2.34. The van der Waals surface area contributed by atoms with Crippen LogP contribution in [0.5, 0.6) is 0 Å². The van der Waals surface area contributed by atoms with Gasteiger partial charge in [0.15, 0.2) is 0 Å². The number of carbonyl (C=O) groups excluding carboxylic acids is 1. The summed E-state index contributed by atoms with van der Waals surface area (Å²) in [7, 11) is 0. The molecule has 0 bridgehead atoms. The number of nitrogens with zero attached hydrogens (tertiary/aromatic N) is 1. The van der Waals surface area contributed by atoms with E-state index in [1.165, 1.54) is 11.6 Å². The Morgan fingerprint density at radius 2 is 2.10 bits per heavy atom. The van der Waals surface area contributed by atoms with Gasteiger partial charge in [0.1, 0.15) is 5.82 Å². The maximum absolute atomic E-state index is 13.7. The molecular weight excluding hydrogens is 267 g/mol. The van der Waals surface area contributed by atoms with Crippen molar-refractivity contribution in [3.8, 4) is 0 Å². The monoisotopic (exact) mass is 284 g/mol. The highest BCUT2D eigenvalue weighted by molar-refractivity contribution is 5.98. The van der Waals surface area contributed by atoms with Crippen molar-refractivity contribution in [2.24, 2.45) is 0 Å². The summed E-state index contributed by atoms with van der Waals surface area (Å²) in [4.78, 5) is 14.1. The summed E-state index contributed by atoms with van der Waals surface area (Å²) >= 11 is 0. The molecule has 0 saturated carbocycles. The molecule has 0 radical (unpaired) electrons. The molecule has 0 saturated heterocycles. The Balaban J connectivity index is 1.68. The van der Waals surface area contributed by atoms with Gasteiger partial charge in [-0.25, -0.2) is 4.39 Å². The standard InChI is InChI=1S/C17H17FN2O/c1-12-6-7-15(14(18)10-12)19-11-17(21)20-9-8-13-4-2-3-5-16(13)20/h2-7,10,19H,8-9,11H2,1H3. The average molecular weight is 284 g/mol. The van der Waals surface area contributed by atoms with Crippen LogP contribution in [0.3, 0.4) is 0 Å². The Bertz CT molecular complexity index is 684. The molecule has 1 aliphatic rings. The number of carbonyl (C=O) groups is 1. The number of amides is 1. The number of rotatable bonds is 3. The van der Waals surface area contributed by atoms with Crippen LogP contribution in [0.25, 0.3) is 0 Å². The molecule has 0 aromatic heterocycles. The summed E-state index contributed by atoms with van der Waals surface area (Å²) in [6.45, 7) is 2.61. The zero-order chi connectivity index (χ0) is 14.8. The first-order valence-electron chi connectivity index (χ1n) is 7.03. The van der Waals surface area contributed by atoms with Crippen LogP contribution in [0.4, 0.5) is 15.8 Å². The van der Waals surface area contributed by atoms with Gasteiger partial charge in [-0.3, -0.25) is 4.79 Å². The van der Waals surface area contributed by atoms with Crippen LogP contribution in [0.1, 0.15) is 11.1 Å². The molecule has 1 amide bonds. The van der Waals surface area contributed by atoms with Gasteiger partial charge in [0.2, 0.25) is 5.91 Å². The molecule has 21 heavy (non-hydrogen) atoms. The number of nitrogens with one attached hydrogen (secondary N) is 1. The van der Waals surface area contributed by atoms with Gasteiger partial charge >= 0.3 is 0 Å². The van der Waals surface area contributed by atoms with Crippen molar-refractivity contribution >= 4 is 17.3 Å². The molecule has 2 aromatic rings. The molecule has 0 aliphatic carbocycles. The molecular formula is C17H17FN2O. The zero-order valence-corrected chi connectivity index (χ0v) is 11.9. The third-order valence-corrected chi connectivity index (χ3v) is 3.74. The molecule has 4 heteroatoms. The van der Waals surface area contributed by atoms with E-state index < -0.39 is 0 Å². The van der Waals surface area contributed by atoms with Gasteiger partial charge in [-0.1, -0.05) is 24.3 Å². The predicted molar refractivity (Wildman–Crippen MR) is 82.1 cm³/mol. The van der Waals surface area contributed by atoms with Crippen molar-refractivity contribution < 1.29 is 9.18 Å². The zero-order valence-electron chi connectivity index (χ0n) is 11.9. The fourth-order valence-corrected chi connectivity index (χ4v) is 2.63. The molecule has 0 fully saturated rings. The van der Waals surface area contributed by atoms with Crippen molar-refractivity contribution in [1.29, 1.82) is 0 Å². The lowest BCUT2D eigenvalue weighted by atomic mass is 10.2. The summed E-state index contributed by atoms with van der Waals surface area (Å²) < 4.78 is 13.7. The van der Waals surface area contributed by atoms with Crippen LogP contribution in [0.15, 0.2) is 42.5 Å². The van der Waals surface area contributed by atoms with Crippen molar-refractivity contribution in [3.05, 3.63) is 59.4 Å². The Labute approximate surface area is 123 Å². The van der Waals surface area contributed by atoms with Gasteiger partial charge in [-0.2, -0.15) is 0 Å². The van der Waals surface area contributed by atoms with Gasteiger partial charge in [0.05, 0.1) is 12.2 Å². The second-order valence-corrected chi connectivity index (χ2v) is 5.26. The topological polar surface area (TPSA) is 32.3 Å². The molecule has 0 spiro atoms. The SMILES string of the molecule is Cc1ccc(NCC(=O)N2CCc3ccccc32)c(F)c1. The van der Waals surface area contributed by atoms with Gasteiger partial charge < -0.3 is 10.2 Å². The van der Waals surface area contributed by atoms with Crippen molar-refractivity contribution in [1.82, 2.24) is 0 Å². The van der Waals surface area contributed by atoms with Crippen LogP contribution >= 0.6 is 0 Å². The smallest absolute Gasteiger partial charge is 0.246 e. The number of halogens is 1. The van der Waals surface area contributed by atoms with E-state index in [-0.39, 0.29) is 18.3 Å². The van der Waals surface area contributed by atoms with E-state index >= 15 is 0 Å². The first-order chi connectivity index (χ1) is 10.1. The van der Waals surface area contributed by atoms with Crippen LogP contribution in [-0.2, 0) is 11.2 Å². The van der Waals surface area contributed by atoms with E-state index in [0.29, 0.717) is 12.2 Å².